The number of hydrogen-bond donors (Lipinski definition) is 1. The molecule has 0 spiro atoms. The van der Waals surface area contributed by atoms with Crippen LogP contribution >= 0.6 is 11.6 Å². The Morgan fingerprint density at radius 3 is 2.27 bits per heavy atom. The van der Waals surface area contributed by atoms with Crippen LogP contribution in [-0.4, -0.2) is 74.9 Å². The molecule has 1 heterocycles. The van der Waals surface area contributed by atoms with E-state index in [4.69, 9.17) is 21.1 Å². The molecule has 1 aliphatic rings. The highest BCUT2D eigenvalue weighted by molar-refractivity contribution is 7.89. The summed E-state index contributed by atoms with van der Waals surface area (Å²) >= 11 is 6.06. The van der Waals surface area contributed by atoms with Crippen molar-refractivity contribution in [1.82, 2.24) is 14.5 Å². The summed E-state index contributed by atoms with van der Waals surface area (Å²) < 4.78 is 38.3. The topological polar surface area (TPSA) is 105 Å². The molecule has 218 valence electrons. The lowest BCUT2D eigenvalue weighted by Crippen LogP contribution is -2.51. The maximum absolute atomic E-state index is 13.6. The predicted molar refractivity (Wildman–Crippen MR) is 156 cm³/mol. The van der Waals surface area contributed by atoms with Crippen LogP contribution in [0, 0.1) is 0 Å². The molecule has 1 saturated heterocycles. The fourth-order valence-corrected chi connectivity index (χ4v) is 6.04. The third-order valence-corrected chi connectivity index (χ3v) is 8.85. The number of likely N-dealkylation sites (N-methyl/N-ethyl adjacent to an activating group) is 1. The predicted octanol–water partition coefficient (Wildman–Crippen LogP) is 3.52. The van der Waals surface area contributed by atoms with E-state index in [0.717, 1.165) is 11.1 Å². The van der Waals surface area contributed by atoms with Crippen LogP contribution in [-0.2, 0) is 37.3 Å². The second kappa shape index (κ2) is 14.5. The minimum Gasteiger partial charge on any atom is -0.484 e. The third-order valence-electron chi connectivity index (χ3n) is 6.68. The molecule has 0 radical (unpaired) electrons. The first-order chi connectivity index (χ1) is 19.8. The molecule has 11 heteroatoms. The molecule has 9 nitrogen and oxygen atoms in total. The van der Waals surface area contributed by atoms with E-state index in [-0.39, 0.29) is 24.0 Å². The van der Waals surface area contributed by atoms with Gasteiger partial charge in [0.15, 0.2) is 6.61 Å². The summed E-state index contributed by atoms with van der Waals surface area (Å²) in [6.45, 7) is 3.40. The van der Waals surface area contributed by atoms with Gasteiger partial charge in [0, 0.05) is 37.6 Å². The molecular weight excluding hydrogens is 566 g/mol. The van der Waals surface area contributed by atoms with E-state index < -0.39 is 22.0 Å². The van der Waals surface area contributed by atoms with Gasteiger partial charge >= 0.3 is 0 Å². The zero-order valence-electron chi connectivity index (χ0n) is 22.9. The van der Waals surface area contributed by atoms with E-state index in [2.05, 4.69) is 5.32 Å². The van der Waals surface area contributed by atoms with E-state index >= 15 is 0 Å². The van der Waals surface area contributed by atoms with Gasteiger partial charge in [-0.25, -0.2) is 8.42 Å². The van der Waals surface area contributed by atoms with Gasteiger partial charge in [-0.15, -0.1) is 0 Å². The number of amides is 2. The van der Waals surface area contributed by atoms with E-state index in [1.54, 1.807) is 12.1 Å². The van der Waals surface area contributed by atoms with Crippen molar-refractivity contribution in [3.63, 3.8) is 0 Å². The van der Waals surface area contributed by atoms with Gasteiger partial charge in [-0.1, -0.05) is 54.1 Å². The molecule has 3 aromatic carbocycles. The Morgan fingerprint density at radius 1 is 0.976 bits per heavy atom. The minimum absolute atomic E-state index is 0.140. The molecule has 1 fully saturated rings. The van der Waals surface area contributed by atoms with Crippen molar-refractivity contribution in [1.29, 1.82) is 0 Å². The van der Waals surface area contributed by atoms with Gasteiger partial charge in [-0.3, -0.25) is 9.59 Å². The van der Waals surface area contributed by atoms with Crippen molar-refractivity contribution in [2.45, 2.75) is 30.8 Å². The number of ether oxygens (including phenoxy) is 2. The SMILES string of the molecule is CCNC(=O)[C@H](Cc1ccccc1)N(Cc1ccc(Cl)cc1)C(=O)COc1ccc(S(=O)(=O)N2CCOCC2)cc1. The molecule has 3 aromatic rings. The summed E-state index contributed by atoms with van der Waals surface area (Å²) in [5, 5.41) is 3.42. The molecule has 4 rings (SSSR count). The van der Waals surface area contributed by atoms with Crippen molar-refractivity contribution >= 4 is 33.4 Å². The van der Waals surface area contributed by atoms with Crippen LogP contribution in [0.15, 0.2) is 83.8 Å². The Hall–Kier alpha value is -3.44. The average molecular weight is 600 g/mol. The highest BCUT2D eigenvalue weighted by Crippen LogP contribution is 2.22. The Balaban J connectivity index is 1.52. The van der Waals surface area contributed by atoms with Crippen LogP contribution in [0.1, 0.15) is 18.1 Å². The van der Waals surface area contributed by atoms with E-state index in [1.165, 1.54) is 33.5 Å². The number of hydrogen-bond acceptors (Lipinski definition) is 6. The molecule has 0 saturated carbocycles. The van der Waals surface area contributed by atoms with Crippen molar-refractivity contribution in [2.75, 3.05) is 39.5 Å². The van der Waals surface area contributed by atoms with Crippen LogP contribution in [0.4, 0.5) is 0 Å². The first kappa shape index (κ1) is 30.5. The number of nitrogens with zero attached hydrogens (tertiary/aromatic N) is 2. The number of sulfonamides is 1. The largest absolute Gasteiger partial charge is 0.484 e. The van der Waals surface area contributed by atoms with Crippen molar-refractivity contribution in [3.8, 4) is 5.75 Å². The highest BCUT2D eigenvalue weighted by atomic mass is 35.5. The molecule has 2 amide bonds. The number of carbonyl (C=O) groups is 2. The lowest BCUT2D eigenvalue weighted by molar-refractivity contribution is -0.142. The van der Waals surface area contributed by atoms with Gasteiger partial charge in [0.2, 0.25) is 15.9 Å². The summed E-state index contributed by atoms with van der Waals surface area (Å²) in [5.74, 6) is -0.322. The van der Waals surface area contributed by atoms with Gasteiger partial charge in [-0.05, 0) is 54.4 Å². The molecule has 0 bridgehead atoms. The average Bonchev–Trinajstić information content (AvgIpc) is 3.00. The number of halogens is 1. The lowest BCUT2D eigenvalue weighted by atomic mass is 10.0. The summed E-state index contributed by atoms with van der Waals surface area (Å²) in [6, 6.07) is 21.8. The number of carbonyl (C=O) groups excluding carboxylic acids is 2. The Bertz CT molecular complexity index is 1400. The van der Waals surface area contributed by atoms with Gasteiger partial charge in [0.05, 0.1) is 18.1 Å². The summed E-state index contributed by atoms with van der Waals surface area (Å²) in [4.78, 5) is 28.5. The monoisotopic (exact) mass is 599 g/mol. The van der Waals surface area contributed by atoms with Crippen LogP contribution in [0.3, 0.4) is 0 Å². The normalized spacial score (nSPS) is 14.7. The second-order valence-corrected chi connectivity index (χ2v) is 11.9. The van der Waals surface area contributed by atoms with Crippen molar-refractivity contribution in [3.05, 3.63) is 95.0 Å². The van der Waals surface area contributed by atoms with Gasteiger partial charge < -0.3 is 19.7 Å². The smallest absolute Gasteiger partial charge is 0.261 e. The molecule has 1 atom stereocenters. The van der Waals surface area contributed by atoms with Crippen molar-refractivity contribution in [2.24, 2.45) is 0 Å². The Labute approximate surface area is 246 Å². The molecule has 0 aliphatic carbocycles. The van der Waals surface area contributed by atoms with Crippen LogP contribution in [0.5, 0.6) is 5.75 Å². The van der Waals surface area contributed by atoms with Gasteiger partial charge in [-0.2, -0.15) is 4.31 Å². The first-order valence-corrected chi connectivity index (χ1v) is 15.3. The van der Waals surface area contributed by atoms with Crippen molar-refractivity contribution < 1.29 is 27.5 Å². The fourth-order valence-electron chi connectivity index (χ4n) is 4.50. The van der Waals surface area contributed by atoms with Crippen LogP contribution in [0.2, 0.25) is 5.02 Å². The Morgan fingerprint density at radius 2 is 1.63 bits per heavy atom. The molecule has 1 N–H and O–H groups in total. The zero-order valence-corrected chi connectivity index (χ0v) is 24.4. The molecule has 0 aromatic heterocycles. The summed E-state index contributed by atoms with van der Waals surface area (Å²) in [5.41, 5.74) is 1.72. The van der Waals surface area contributed by atoms with Gasteiger partial charge in [0.1, 0.15) is 11.8 Å². The van der Waals surface area contributed by atoms with E-state index in [1.807, 2.05) is 49.4 Å². The summed E-state index contributed by atoms with van der Waals surface area (Å²) in [6.07, 6.45) is 0.320. The lowest BCUT2D eigenvalue weighted by Gasteiger charge is -2.31. The molecule has 1 aliphatic heterocycles. The van der Waals surface area contributed by atoms with E-state index in [0.29, 0.717) is 50.0 Å². The van der Waals surface area contributed by atoms with Crippen LogP contribution in [0.25, 0.3) is 0 Å². The molecule has 0 unspecified atom stereocenters. The highest BCUT2D eigenvalue weighted by Gasteiger charge is 2.31. The number of rotatable bonds is 12. The minimum atomic E-state index is -3.65. The standard InChI is InChI=1S/C30H34ClN3O6S/c1-2-32-30(36)28(20-23-6-4-3-5-7-23)34(21-24-8-10-25(31)11-9-24)29(35)22-40-26-12-14-27(15-13-26)41(37,38)33-16-18-39-19-17-33/h3-15,28H,2,16-22H2,1H3,(H,32,36)/t28-/m0/s1. The first-order valence-electron chi connectivity index (χ1n) is 13.4. The second-order valence-electron chi connectivity index (χ2n) is 9.52. The van der Waals surface area contributed by atoms with E-state index in [9.17, 15) is 18.0 Å². The zero-order chi connectivity index (χ0) is 29.2. The van der Waals surface area contributed by atoms with Gasteiger partial charge in [0.25, 0.3) is 5.91 Å². The maximum atomic E-state index is 13.6. The van der Waals surface area contributed by atoms with Crippen LogP contribution < -0.4 is 10.1 Å². The quantitative estimate of drug-likeness (QED) is 0.342. The maximum Gasteiger partial charge on any atom is 0.261 e. The summed E-state index contributed by atoms with van der Waals surface area (Å²) in [7, 11) is -3.65. The fraction of sp³-hybridized carbons (Fsp3) is 0.333. The molecule has 41 heavy (non-hydrogen) atoms. The Kier molecular flexibility index (Phi) is 10.8. The number of benzene rings is 3. The number of morpholine rings is 1. The number of nitrogens with one attached hydrogen (secondary N) is 1. The third kappa shape index (κ3) is 8.29. The molecular formula is C30H34ClN3O6S.